The van der Waals surface area contributed by atoms with E-state index in [4.69, 9.17) is 9.47 Å². The summed E-state index contributed by atoms with van der Waals surface area (Å²) in [5.41, 5.74) is 1.37. The summed E-state index contributed by atoms with van der Waals surface area (Å²) in [6.07, 6.45) is 2.01. The highest BCUT2D eigenvalue weighted by atomic mass is 16.7. The summed E-state index contributed by atoms with van der Waals surface area (Å²) < 4.78 is 11.3. The van der Waals surface area contributed by atoms with Gasteiger partial charge in [-0.15, -0.1) is 0 Å². The van der Waals surface area contributed by atoms with Crippen LogP contribution in [0.1, 0.15) is 40.2 Å². The average Bonchev–Trinajstić information content (AvgIpc) is 2.66. The fourth-order valence-corrected chi connectivity index (χ4v) is 2.02. The lowest BCUT2D eigenvalue weighted by atomic mass is 9.88. The van der Waals surface area contributed by atoms with Crippen LogP contribution in [-0.4, -0.2) is 30.0 Å². The lowest BCUT2D eigenvalue weighted by Crippen LogP contribution is -2.26. The number of pyridine rings is 1. The number of hydrogen-bond donors (Lipinski definition) is 1. The Kier molecular flexibility index (Phi) is 3.83. The molecule has 1 aliphatic heterocycles. The molecule has 1 aromatic heterocycles. The highest BCUT2D eigenvalue weighted by molar-refractivity contribution is 5.37. The molecule has 1 aromatic rings. The maximum atomic E-state index is 5.74. The van der Waals surface area contributed by atoms with Crippen LogP contribution in [0.25, 0.3) is 0 Å². The molecular formula is C15H24N2O2. The van der Waals surface area contributed by atoms with Crippen molar-refractivity contribution in [2.45, 2.75) is 51.9 Å². The first kappa shape index (κ1) is 14.3. The van der Waals surface area contributed by atoms with Gasteiger partial charge in [0.05, 0.1) is 6.61 Å². The Hall–Kier alpha value is -1.13. The molecule has 1 unspecified atom stereocenters. The molecule has 4 heteroatoms. The summed E-state index contributed by atoms with van der Waals surface area (Å²) in [5, 5.41) is 3.29. The quantitative estimate of drug-likeness (QED) is 0.911. The van der Waals surface area contributed by atoms with Crippen molar-refractivity contribution in [2.75, 3.05) is 18.5 Å². The standard InChI is InChI=1S/C15H24N2O2/c1-14(2,3)11-6-7-13(16-8-11)17-9-12-10-18-15(4,5)19-12/h6-8,12H,9-10H2,1-5H3,(H,16,17). The second kappa shape index (κ2) is 5.10. The first-order chi connectivity index (χ1) is 8.76. The Labute approximate surface area is 115 Å². The van der Waals surface area contributed by atoms with Crippen LogP contribution < -0.4 is 5.32 Å². The zero-order valence-corrected chi connectivity index (χ0v) is 12.5. The Morgan fingerprint density at radius 2 is 2.11 bits per heavy atom. The van der Waals surface area contributed by atoms with Crippen LogP contribution in [0.2, 0.25) is 0 Å². The van der Waals surface area contributed by atoms with Gasteiger partial charge in [0, 0.05) is 12.7 Å². The first-order valence-electron chi connectivity index (χ1n) is 6.78. The van der Waals surface area contributed by atoms with Crippen molar-refractivity contribution in [3.63, 3.8) is 0 Å². The number of anilines is 1. The van der Waals surface area contributed by atoms with E-state index in [2.05, 4.69) is 37.1 Å². The van der Waals surface area contributed by atoms with Crippen molar-refractivity contribution < 1.29 is 9.47 Å². The monoisotopic (exact) mass is 264 g/mol. The van der Waals surface area contributed by atoms with Gasteiger partial charge in [-0.3, -0.25) is 0 Å². The predicted octanol–water partition coefficient (Wildman–Crippen LogP) is 2.94. The van der Waals surface area contributed by atoms with E-state index >= 15 is 0 Å². The van der Waals surface area contributed by atoms with E-state index in [1.165, 1.54) is 5.56 Å². The van der Waals surface area contributed by atoms with Crippen LogP contribution >= 0.6 is 0 Å². The fourth-order valence-electron chi connectivity index (χ4n) is 2.02. The predicted molar refractivity (Wildman–Crippen MR) is 76.3 cm³/mol. The molecule has 4 nitrogen and oxygen atoms in total. The molecule has 1 atom stereocenters. The Morgan fingerprint density at radius 1 is 1.37 bits per heavy atom. The topological polar surface area (TPSA) is 43.4 Å². The average molecular weight is 264 g/mol. The van der Waals surface area contributed by atoms with Crippen molar-refractivity contribution in [1.29, 1.82) is 0 Å². The SMILES string of the molecule is CC1(C)OCC(CNc2ccc(C(C)(C)C)cn2)O1. The van der Waals surface area contributed by atoms with Gasteiger partial charge in [-0.05, 0) is 30.9 Å². The second-order valence-corrected chi connectivity index (χ2v) is 6.51. The molecule has 1 aliphatic rings. The maximum absolute atomic E-state index is 5.74. The lowest BCUT2D eigenvalue weighted by Gasteiger charge is -2.19. The molecule has 2 heterocycles. The number of nitrogens with zero attached hydrogens (tertiary/aromatic N) is 1. The van der Waals surface area contributed by atoms with Gasteiger partial charge in [0.2, 0.25) is 0 Å². The van der Waals surface area contributed by atoms with Crippen molar-refractivity contribution in [3.8, 4) is 0 Å². The van der Waals surface area contributed by atoms with E-state index < -0.39 is 5.79 Å². The molecule has 2 rings (SSSR count). The van der Waals surface area contributed by atoms with E-state index in [1.807, 2.05) is 26.1 Å². The minimum Gasteiger partial charge on any atom is -0.367 e. The van der Waals surface area contributed by atoms with Gasteiger partial charge in [-0.2, -0.15) is 0 Å². The summed E-state index contributed by atoms with van der Waals surface area (Å²) >= 11 is 0. The largest absolute Gasteiger partial charge is 0.367 e. The maximum Gasteiger partial charge on any atom is 0.163 e. The van der Waals surface area contributed by atoms with Gasteiger partial charge < -0.3 is 14.8 Å². The third kappa shape index (κ3) is 3.91. The zero-order chi connectivity index (χ0) is 14.1. The summed E-state index contributed by atoms with van der Waals surface area (Å²) in [6, 6.07) is 4.13. The zero-order valence-electron chi connectivity index (χ0n) is 12.5. The van der Waals surface area contributed by atoms with E-state index in [9.17, 15) is 0 Å². The van der Waals surface area contributed by atoms with Gasteiger partial charge in [0.25, 0.3) is 0 Å². The molecule has 106 valence electrons. The first-order valence-corrected chi connectivity index (χ1v) is 6.78. The number of ether oxygens (including phenoxy) is 2. The van der Waals surface area contributed by atoms with Crippen molar-refractivity contribution in [1.82, 2.24) is 4.98 Å². The Morgan fingerprint density at radius 3 is 2.58 bits per heavy atom. The third-order valence-electron chi connectivity index (χ3n) is 3.21. The van der Waals surface area contributed by atoms with Crippen LogP contribution in [0, 0.1) is 0 Å². The molecule has 1 fully saturated rings. The van der Waals surface area contributed by atoms with Gasteiger partial charge in [0.15, 0.2) is 5.79 Å². The highest BCUT2D eigenvalue weighted by Gasteiger charge is 2.32. The Balaban J connectivity index is 1.87. The minimum absolute atomic E-state index is 0.0825. The molecule has 0 aliphatic carbocycles. The van der Waals surface area contributed by atoms with E-state index in [-0.39, 0.29) is 11.5 Å². The number of hydrogen-bond acceptors (Lipinski definition) is 4. The fraction of sp³-hybridized carbons (Fsp3) is 0.667. The number of aromatic nitrogens is 1. The molecular weight excluding hydrogens is 240 g/mol. The van der Waals surface area contributed by atoms with Gasteiger partial charge in [-0.25, -0.2) is 4.98 Å². The molecule has 0 aromatic carbocycles. The summed E-state index contributed by atoms with van der Waals surface area (Å²) in [4.78, 5) is 4.43. The molecule has 19 heavy (non-hydrogen) atoms. The van der Waals surface area contributed by atoms with E-state index in [1.54, 1.807) is 0 Å². The number of nitrogens with one attached hydrogen (secondary N) is 1. The molecule has 1 saturated heterocycles. The van der Waals surface area contributed by atoms with Crippen LogP contribution in [0.15, 0.2) is 18.3 Å². The van der Waals surface area contributed by atoms with Crippen LogP contribution in [-0.2, 0) is 14.9 Å². The summed E-state index contributed by atoms with van der Waals surface area (Å²) in [7, 11) is 0. The Bertz CT molecular complexity index is 421. The molecule has 0 radical (unpaired) electrons. The number of rotatable bonds is 3. The normalized spacial score (nSPS) is 22.5. The van der Waals surface area contributed by atoms with Crippen LogP contribution in [0.4, 0.5) is 5.82 Å². The molecule has 0 spiro atoms. The molecule has 1 N–H and O–H groups in total. The van der Waals surface area contributed by atoms with Gasteiger partial charge in [0.1, 0.15) is 11.9 Å². The molecule has 0 saturated carbocycles. The van der Waals surface area contributed by atoms with Crippen molar-refractivity contribution in [3.05, 3.63) is 23.9 Å². The van der Waals surface area contributed by atoms with Crippen LogP contribution in [0.5, 0.6) is 0 Å². The van der Waals surface area contributed by atoms with E-state index in [0.717, 1.165) is 5.82 Å². The minimum atomic E-state index is -0.462. The smallest absolute Gasteiger partial charge is 0.163 e. The van der Waals surface area contributed by atoms with Crippen LogP contribution in [0.3, 0.4) is 0 Å². The van der Waals surface area contributed by atoms with Crippen molar-refractivity contribution >= 4 is 5.82 Å². The lowest BCUT2D eigenvalue weighted by molar-refractivity contribution is -0.136. The molecule has 0 bridgehead atoms. The summed E-state index contributed by atoms with van der Waals surface area (Å²) in [6.45, 7) is 11.8. The summed E-state index contributed by atoms with van der Waals surface area (Å²) in [5.74, 6) is 0.414. The second-order valence-electron chi connectivity index (χ2n) is 6.51. The van der Waals surface area contributed by atoms with Gasteiger partial charge in [-0.1, -0.05) is 26.8 Å². The highest BCUT2D eigenvalue weighted by Crippen LogP contribution is 2.23. The van der Waals surface area contributed by atoms with Gasteiger partial charge >= 0.3 is 0 Å². The van der Waals surface area contributed by atoms with Crippen molar-refractivity contribution in [2.24, 2.45) is 0 Å². The molecule has 0 amide bonds. The van der Waals surface area contributed by atoms with E-state index in [0.29, 0.717) is 13.2 Å². The third-order valence-corrected chi connectivity index (χ3v) is 3.21.